The molecule has 2 saturated carbocycles. The minimum atomic E-state index is -0.488. The molecule has 0 unspecified atom stereocenters. The normalized spacial score (nSPS) is 28.9. The van der Waals surface area contributed by atoms with Gasteiger partial charge in [0.1, 0.15) is 6.61 Å². The fourth-order valence-corrected chi connectivity index (χ4v) is 4.68. The molecule has 0 N–H and O–H groups in total. The van der Waals surface area contributed by atoms with Crippen molar-refractivity contribution in [2.75, 3.05) is 19.7 Å². The third-order valence-electron chi connectivity index (χ3n) is 5.99. The molecule has 3 fully saturated rings. The van der Waals surface area contributed by atoms with Gasteiger partial charge in [0.2, 0.25) is 0 Å². The number of amides is 1. The molecule has 1 saturated heterocycles. The molecule has 2 aliphatic carbocycles. The van der Waals surface area contributed by atoms with E-state index in [-0.39, 0.29) is 24.6 Å². The summed E-state index contributed by atoms with van der Waals surface area (Å²) in [5.74, 6) is 0.110. The highest BCUT2D eigenvalue weighted by Crippen LogP contribution is 2.74. The molecule has 4 rings (SSSR count). The molecule has 1 spiro atoms. The smallest absolute Gasteiger partial charge is 0.410 e. The van der Waals surface area contributed by atoms with Gasteiger partial charge in [-0.2, -0.15) is 0 Å². The van der Waals surface area contributed by atoms with Gasteiger partial charge in [-0.25, -0.2) is 4.79 Å². The van der Waals surface area contributed by atoms with Crippen LogP contribution in [0.1, 0.15) is 31.7 Å². The van der Waals surface area contributed by atoms with E-state index < -0.39 is 5.41 Å². The summed E-state index contributed by atoms with van der Waals surface area (Å²) in [6, 6.07) is 9.64. The van der Waals surface area contributed by atoms with Crippen molar-refractivity contribution in [1.82, 2.24) is 4.90 Å². The van der Waals surface area contributed by atoms with Crippen LogP contribution in [0.5, 0.6) is 0 Å². The number of rotatable bonds is 4. The summed E-state index contributed by atoms with van der Waals surface area (Å²) in [5.41, 5.74) is 0.770. The Morgan fingerprint density at radius 2 is 1.96 bits per heavy atom. The van der Waals surface area contributed by atoms with E-state index in [1.54, 1.807) is 4.90 Å². The molecule has 0 aromatic heterocycles. The Hall–Kier alpha value is -2.04. The van der Waals surface area contributed by atoms with E-state index in [9.17, 15) is 9.59 Å². The Morgan fingerprint density at radius 1 is 1.21 bits per heavy atom. The first-order valence-corrected chi connectivity index (χ1v) is 8.72. The van der Waals surface area contributed by atoms with Gasteiger partial charge in [0.25, 0.3) is 0 Å². The maximum Gasteiger partial charge on any atom is 0.410 e. The fraction of sp³-hybridized carbons (Fsp3) is 0.579. The maximum absolute atomic E-state index is 12.5. The molecule has 0 radical (unpaired) electrons. The van der Waals surface area contributed by atoms with Crippen LogP contribution in [-0.4, -0.2) is 36.7 Å². The van der Waals surface area contributed by atoms with E-state index in [0.717, 1.165) is 12.0 Å². The van der Waals surface area contributed by atoms with E-state index in [2.05, 4.69) is 0 Å². The molecule has 5 nitrogen and oxygen atoms in total. The molecule has 2 atom stereocenters. The van der Waals surface area contributed by atoms with E-state index in [1.807, 2.05) is 37.3 Å². The van der Waals surface area contributed by atoms with E-state index in [4.69, 9.17) is 9.47 Å². The van der Waals surface area contributed by atoms with Crippen LogP contribution in [0.15, 0.2) is 30.3 Å². The molecule has 3 aliphatic rings. The number of benzene rings is 1. The van der Waals surface area contributed by atoms with Crippen molar-refractivity contribution in [3.05, 3.63) is 35.9 Å². The standard InChI is InChI=1S/C19H23NO4/c1-2-23-16(21)19-12-18(8-9-18)15(19)10-20(13-19)17(22)24-11-14-6-4-3-5-7-14/h3-7,15H,2,8-13H2,1H3/t15-,19+/m0/s1. The molecule has 0 bridgehead atoms. The Kier molecular flexibility index (Phi) is 3.55. The SMILES string of the molecule is CCOC(=O)[C@]12CN(C(=O)OCc3ccccc3)C[C@H]1C1(CC1)C2. The zero-order chi connectivity index (χ0) is 16.8. The van der Waals surface area contributed by atoms with Gasteiger partial charge in [0.15, 0.2) is 0 Å². The molecule has 128 valence electrons. The highest BCUT2D eigenvalue weighted by molar-refractivity contribution is 5.82. The molecule has 1 aliphatic heterocycles. The van der Waals surface area contributed by atoms with Crippen LogP contribution in [0.25, 0.3) is 0 Å². The zero-order valence-electron chi connectivity index (χ0n) is 14.0. The van der Waals surface area contributed by atoms with E-state index >= 15 is 0 Å². The molecular weight excluding hydrogens is 306 g/mol. The average molecular weight is 329 g/mol. The van der Waals surface area contributed by atoms with Crippen LogP contribution in [0.4, 0.5) is 4.79 Å². The number of carbonyl (C=O) groups excluding carboxylic acids is 2. The third-order valence-corrected chi connectivity index (χ3v) is 5.99. The second-order valence-corrected chi connectivity index (χ2v) is 7.39. The molecular formula is C19H23NO4. The van der Waals surface area contributed by atoms with Crippen LogP contribution < -0.4 is 0 Å². The van der Waals surface area contributed by atoms with Crippen molar-refractivity contribution in [2.24, 2.45) is 16.7 Å². The number of carbonyl (C=O) groups is 2. The minimum absolute atomic E-state index is 0.133. The lowest BCUT2D eigenvalue weighted by atomic mass is 9.53. The topological polar surface area (TPSA) is 55.8 Å². The second kappa shape index (κ2) is 5.50. The molecule has 1 heterocycles. The monoisotopic (exact) mass is 329 g/mol. The molecule has 1 aromatic carbocycles. The van der Waals surface area contributed by atoms with Crippen molar-refractivity contribution in [3.63, 3.8) is 0 Å². The molecule has 5 heteroatoms. The Morgan fingerprint density at radius 3 is 2.62 bits per heavy atom. The van der Waals surface area contributed by atoms with Gasteiger partial charge in [-0.05, 0) is 37.2 Å². The largest absolute Gasteiger partial charge is 0.466 e. The van der Waals surface area contributed by atoms with Gasteiger partial charge >= 0.3 is 12.1 Å². The average Bonchev–Trinajstić information content (AvgIpc) is 3.32. The number of fused-ring (bicyclic) bond motifs is 2. The van der Waals surface area contributed by atoms with Crippen molar-refractivity contribution >= 4 is 12.1 Å². The van der Waals surface area contributed by atoms with Crippen LogP contribution in [0.3, 0.4) is 0 Å². The first kappa shape index (κ1) is 15.5. The van der Waals surface area contributed by atoms with E-state index in [0.29, 0.717) is 25.1 Å². The lowest BCUT2D eigenvalue weighted by Gasteiger charge is -2.49. The summed E-state index contributed by atoms with van der Waals surface area (Å²) in [5, 5.41) is 0. The first-order valence-electron chi connectivity index (χ1n) is 8.72. The Labute approximate surface area is 141 Å². The Bertz CT molecular complexity index is 655. The summed E-state index contributed by atoms with van der Waals surface area (Å²) in [6.45, 7) is 3.53. The summed E-state index contributed by atoms with van der Waals surface area (Å²) >= 11 is 0. The lowest BCUT2D eigenvalue weighted by Crippen LogP contribution is -2.54. The van der Waals surface area contributed by atoms with Gasteiger partial charge in [0.05, 0.1) is 12.0 Å². The Balaban J connectivity index is 1.42. The lowest BCUT2D eigenvalue weighted by molar-refractivity contribution is -0.171. The highest BCUT2D eigenvalue weighted by atomic mass is 16.6. The summed E-state index contributed by atoms with van der Waals surface area (Å²) < 4.78 is 10.8. The molecule has 1 aromatic rings. The van der Waals surface area contributed by atoms with Crippen LogP contribution in [0, 0.1) is 16.7 Å². The van der Waals surface area contributed by atoms with Crippen molar-refractivity contribution in [1.29, 1.82) is 0 Å². The van der Waals surface area contributed by atoms with Crippen molar-refractivity contribution in [3.8, 4) is 0 Å². The predicted molar refractivity (Wildman–Crippen MR) is 87.0 cm³/mol. The number of ether oxygens (including phenoxy) is 2. The van der Waals surface area contributed by atoms with Crippen molar-refractivity contribution in [2.45, 2.75) is 32.8 Å². The summed E-state index contributed by atoms with van der Waals surface area (Å²) in [4.78, 5) is 26.6. The maximum atomic E-state index is 12.5. The second-order valence-electron chi connectivity index (χ2n) is 7.39. The van der Waals surface area contributed by atoms with Crippen LogP contribution in [0.2, 0.25) is 0 Å². The fourth-order valence-electron chi connectivity index (χ4n) is 4.68. The predicted octanol–water partition coefficient (Wildman–Crippen LogP) is 2.99. The van der Waals surface area contributed by atoms with Gasteiger partial charge in [-0.15, -0.1) is 0 Å². The summed E-state index contributed by atoms with van der Waals surface area (Å²) in [6.07, 6.45) is 2.89. The van der Waals surface area contributed by atoms with Gasteiger partial charge in [-0.1, -0.05) is 30.3 Å². The number of hydrogen-bond acceptors (Lipinski definition) is 4. The van der Waals surface area contributed by atoms with E-state index in [1.165, 1.54) is 12.8 Å². The molecule has 1 amide bonds. The highest BCUT2D eigenvalue weighted by Gasteiger charge is 2.75. The number of hydrogen-bond donors (Lipinski definition) is 0. The first-order chi connectivity index (χ1) is 11.6. The van der Waals surface area contributed by atoms with Gasteiger partial charge in [-0.3, -0.25) is 4.79 Å². The minimum Gasteiger partial charge on any atom is -0.466 e. The van der Waals surface area contributed by atoms with Crippen molar-refractivity contribution < 1.29 is 19.1 Å². The van der Waals surface area contributed by atoms with Gasteiger partial charge < -0.3 is 14.4 Å². The quantitative estimate of drug-likeness (QED) is 0.797. The summed E-state index contributed by atoms with van der Waals surface area (Å²) in [7, 11) is 0. The van der Waals surface area contributed by atoms with Gasteiger partial charge in [0, 0.05) is 19.0 Å². The third kappa shape index (κ3) is 2.29. The molecule has 24 heavy (non-hydrogen) atoms. The number of likely N-dealkylation sites (tertiary alicyclic amines) is 1. The van der Waals surface area contributed by atoms with Crippen LogP contribution >= 0.6 is 0 Å². The zero-order valence-corrected chi connectivity index (χ0v) is 14.0. The number of esters is 1. The van der Waals surface area contributed by atoms with Crippen LogP contribution in [-0.2, 0) is 20.9 Å². The number of nitrogens with zero attached hydrogens (tertiary/aromatic N) is 1.